The summed E-state index contributed by atoms with van der Waals surface area (Å²) in [6.45, 7) is 29.1. The first-order valence-electron chi connectivity index (χ1n) is 14.1. The van der Waals surface area contributed by atoms with Crippen LogP contribution in [0.3, 0.4) is 0 Å². The number of hydrogen-bond acceptors (Lipinski definition) is 13. The molecule has 6 aromatic rings. The van der Waals surface area contributed by atoms with Gasteiger partial charge in [-0.2, -0.15) is 35.2 Å². The molecule has 22 heteroatoms. The topological polar surface area (TPSA) is 185 Å². The molecule has 1 saturated heterocycles. The summed E-state index contributed by atoms with van der Waals surface area (Å²) in [5.41, 5.74) is 1.64. The molecular weight excluding hydrogens is 780 g/mol. The van der Waals surface area contributed by atoms with Gasteiger partial charge in [-0.15, -0.1) is 0 Å². The normalized spacial score (nSPS) is 13.9. The fraction of sp³-hybridized carbons (Fsp3) is 0.200. The molecular formula is C30H16BCl5N12O4. The van der Waals surface area contributed by atoms with Crippen molar-refractivity contribution in [1.29, 1.82) is 5.26 Å². The van der Waals surface area contributed by atoms with E-state index in [1.165, 1.54) is 18.2 Å². The predicted octanol–water partition coefficient (Wildman–Crippen LogP) is 8.47. The summed E-state index contributed by atoms with van der Waals surface area (Å²) in [5.74, 6) is 0.438. The van der Waals surface area contributed by atoms with Crippen molar-refractivity contribution in [2.45, 2.75) is 38.9 Å². The Kier molecular flexibility index (Phi) is 11.1. The Morgan fingerprint density at radius 1 is 0.615 bits per heavy atom. The molecule has 0 atom stereocenters. The average molecular weight is 797 g/mol. The van der Waals surface area contributed by atoms with Gasteiger partial charge < -0.3 is 18.1 Å². The number of benzene rings is 2. The van der Waals surface area contributed by atoms with E-state index in [9.17, 15) is 0 Å². The number of halogens is 5. The van der Waals surface area contributed by atoms with Gasteiger partial charge in [-0.05, 0) is 110 Å². The molecule has 1 aliphatic rings. The van der Waals surface area contributed by atoms with Crippen molar-refractivity contribution in [2.75, 3.05) is 0 Å². The zero-order valence-corrected chi connectivity index (χ0v) is 30.6. The van der Waals surface area contributed by atoms with Crippen molar-refractivity contribution in [3.8, 4) is 17.8 Å². The van der Waals surface area contributed by atoms with Gasteiger partial charge in [0.15, 0.2) is 11.4 Å². The van der Waals surface area contributed by atoms with Crippen molar-refractivity contribution in [2.24, 2.45) is 0 Å². The van der Waals surface area contributed by atoms with Crippen LogP contribution in [0.2, 0.25) is 26.4 Å². The SMILES string of the molecule is Clc1nc(Cl)nc(Cl)n1.[C-]#[N+]c1cc2nc(B3OC(C)(C)C(C)(C)O3)oc2cc1[N+]#[C-].[C-]#[N+]c1cc2oc(-c3nc(Cl)nc(Cl)n3)nc2cc1C#N. The van der Waals surface area contributed by atoms with Gasteiger partial charge in [0.1, 0.15) is 16.7 Å². The van der Waals surface area contributed by atoms with Crippen molar-refractivity contribution in [3.63, 3.8) is 0 Å². The highest BCUT2D eigenvalue weighted by atomic mass is 35.5. The number of hydrogen-bond donors (Lipinski definition) is 0. The summed E-state index contributed by atoms with van der Waals surface area (Å²) in [7, 11) is -0.704. The van der Waals surface area contributed by atoms with Gasteiger partial charge in [0.2, 0.25) is 43.7 Å². The van der Waals surface area contributed by atoms with Gasteiger partial charge in [-0.3, -0.25) is 4.85 Å². The lowest BCUT2D eigenvalue weighted by molar-refractivity contribution is 0.00578. The van der Waals surface area contributed by atoms with Crippen LogP contribution in [0.15, 0.2) is 33.1 Å². The van der Waals surface area contributed by atoms with E-state index in [2.05, 4.69) is 54.4 Å². The molecule has 258 valence electrons. The second-order valence-corrected chi connectivity index (χ2v) is 12.8. The second-order valence-electron chi connectivity index (χ2n) is 11.1. The largest absolute Gasteiger partial charge is 0.554 e. The number of nitrogens with zero attached hydrogens (tertiary/aromatic N) is 12. The van der Waals surface area contributed by atoms with Gasteiger partial charge in [0, 0.05) is 0 Å². The summed E-state index contributed by atoms with van der Waals surface area (Å²) < 4.78 is 22.9. The molecule has 7 rings (SSSR count). The number of aromatic nitrogens is 8. The van der Waals surface area contributed by atoms with Crippen molar-refractivity contribution >= 4 is 110 Å². The molecule has 4 aromatic heterocycles. The monoisotopic (exact) mass is 794 g/mol. The van der Waals surface area contributed by atoms with Crippen molar-refractivity contribution < 1.29 is 18.1 Å². The molecule has 0 bridgehead atoms. The fourth-order valence-corrected chi connectivity index (χ4v) is 5.13. The quantitative estimate of drug-likeness (QED) is 0.120. The summed E-state index contributed by atoms with van der Waals surface area (Å²) in [5, 5.41) is 8.80. The van der Waals surface area contributed by atoms with Crippen LogP contribution in [0, 0.1) is 31.0 Å². The molecule has 0 aliphatic carbocycles. The van der Waals surface area contributed by atoms with Crippen LogP contribution >= 0.6 is 58.0 Å². The van der Waals surface area contributed by atoms with Crippen molar-refractivity contribution in [3.05, 3.63) is 90.5 Å². The van der Waals surface area contributed by atoms with Gasteiger partial charge in [0.05, 0.1) is 48.1 Å². The Bertz CT molecular complexity index is 2350. The first kappa shape index (κ1) is 38.0. The lowest BCUT2D eigenvalue weighted by Gasteiger charge is -2.32. The van der Waals surface area contributed by atoms with E-state index in [0.29, 0.717) is 28.0 Å². The average Bonchev–Trinajstić information content (AvgIpc) is 3.75. The lowest BCUT2D eigenvalue weighted by Crippen LogP contribution is -2.41. The summed E-state index contributed by atoms with van der Waals surface area (Å²) in [6.07, 6.45) is 0. The molecule has 2 aromatic carbocycles. The minimum atomic E-state index is -0.704. The maximum Gasteiger partial charge on any atom is 0.554 e. The van der Waals surface area contributed by atoms with Crippen LogP contribution in [0.25, 0.3) is 48.4 Å². The van der Waals surface area contributed by atoms with E-state index in [1.54, 1.807) is 6.07 Å². The van der Waals surface area contributed by atoms with Gasteiger partial charge in [-0.1, -0.05) is 0 Å². The smallest absolute Gasteiger partial charge is 0.445 e. The van der Waals surface area contributed by atoms with Crippen LogP contribution < -0.4 is 5.79 Å². The zero-order valence-electron chi connectivity index (χ0n) is 26.8. The Morgan fingerprint density at radius 3 is 1.56 bits per heavy atom. The Labute approximate surface area is 319 Å². The highest BCUT2D eigenvalue weighted by Gasteiger charge is 2.54. The van der Waals surface area contributed by atoms with Crippen molar-refractivity contribution in [1.82, 2.24) is 39.9 Å². The molecule has 1 aliphatic heterocycles. The summed E-state index contributed by atoms with van der Waals surface area (Å²) in [4.78, 5) is 40.2. The molecule has 0 unspecified atom stereocenters. The van der Waals surface area contributed by atoms with Crippen LogP contribution in [0.4, 0.5) is 17.1 Å². The lowest BCUT2D eigenvalue weighted by atomic mass is 9.90. The molecule has 1 fully saturated rings. The van der Waals surface area contributed by atoms with Crippen LogP contribution in [0.5, 0.6) is 0 Å². The molecule has 52 heavy (non-hydrogen) atoms. The molecule has 0 radical (unpaired) electrons. The first-order valence-corrected chi connectivity index (χ1v) is 16.0. The molecule has 0 N–H and O–H groups in total. The van der Waals surface area contributed by atoms with Gasteiger partial charge in [0.25, 0.3) is 5.89 Å². The van der Waals surface area contributed by atoms with Crippen LogP contribution in [-0.2, 0) is 9.31 Å². The molecule has 0 saturated carbocycles. The fourth-order valence-electron chi connectivity index (χ4n) is 4.16. The van der Waals surface area contributed by atoms with E-state index in [1.807, 2.05) is 33.8 Å². The molecule has 0 spiro atoms. The van der Waals surface area contributed by atoms with E-state index in [-0.39, 0.29) is 60.8 Å². The Hall–Kier alpha value is -5.21. The van der Waals surface area contributed by atoms with Crippen LogP contribution in [-0.4, -0.2) is 58.2 Å². The number of rotatable bonds is 2. The zero-order chi connectivity index (χ0) is 38.0. The third-order valence-corrected chi connectivity index (χ3v) is 8.11. The van der Waals surface area contributed by atoms with E-state index in [0.717, 1.165) is 0 Å². The van der Waals surface area contributed by atoms with E-state index >= 15 is 0 Å². The maximum atomic E-state index is 8.99. The molecule has 16 nitrogen and oxygen atoms in total. The number of nitriles is 1. The summed E-state index contributed by atoms with van der Waals surface area (Å²) in [6, 6.07) is 7.89. The Morgan fingerprint density at radius 2 is 1.06 bits per heavy atom. The molecule has 5 heterocycles. The van der Waals surface area contributed by atoms with Gasteiger partial charge in [-0.25, -0.2) is 19.7 Å². The van der Waals surface area contributed by atoms with Gasteiger partial charge >= 0.3 is 7.12 Å². The van der Waals surface area contributed by atoms with E-state index in [4.69, 9.17) is 101 Å². The third kappa shape index (κ3) is 8.29. The predicted molar refractivity (Wildman–Crippen MR) is 191 cm³/mol. The van der Waals surface area contributed by atoms with Crippen LogP contribution in [0.1, 0.15) is 33.3 Å². The first-order chi connectivity index (χ1) is 24.6. The summed E-state index contributed by atoms with van der Waals surface area (Å²) >= 11 is 27.3. The minimum Gasteiger partial charge on any atom is -0.445 e. The highest BCUT2D eigenvalue weighted by Crippen LogP contribution is 2.37. The highest BCUT2D eigenvalue weighted by molar-refractivity contribution is 6.60. The maximum absolute atomic E-state index is 8.99. The standard InChI is InChI=1S/C15H14BN3O3.C12H2Cl2N6O.C3Cl3N3/c1-14(2)15(3,4)22-16(21-14)13-19-11-7-9(17-5)10(18-6)8-12(11)20-13;1-16-6-3-8-7(2-5(6)4-15)17-10(21-8)9-18-11(13)20-12(14)19-9;4-1-7-2(5)9-3(6)8-1/h7-8H,1-4H3;2-3H;. The Balaban J connectivity index is 0.000000163. The second kappa shape index (κ2) is 15.2. The minimum absolute atomic E-state index is 0.000000000000000444. The van der Waals surface area contributed by atoms with E-state index < -0.39 is 18.3 Å². The number of oxazole rings is 2. The number of fused-ring (bicyclic) bond motifs is 2. The molecule has 0 amide bonds. The third-order valence-electron chi connectivity index (χ3n) is 7.27.